The topological polar surface area (TPSA) is 237 Å². The molecule has 0 aromatic carbocycles. The van der Waals surface area contributed by atoms with Gasteiger partial charge in [0.25, 0.3) is 0 Å². The minimum Gasteiger partial charge on any atom is -0.462 e. The molecule has 0 heterocycles. The molecule has 17 nitrogen and oxygen atoms in total. The van der Waals surface area contributed by atoms with Crippen LogP contribution in [-0.4, -0.2) is 96.7 Å². The van der Waals surface area contributed by atoms with E-state index in [0.29, 0.717) is 25.7 Å². The lowest BCUT2D eigenvalue weighted by Crippen LogP contribution is -2.30. The summed E-state index contributed by atoms with van der Waals surface area (Å²) in [6.07, 6.45) is 65.2. The Morgan fingerprint density at radius 1 is 0.279 bits per heavy atom. The summed E-state index contributed by atoms with van der Waals surface area (Å²) in [6, 6.07) is 0. The molecule has 19 heteroatoms. The monoisotopic (exact) mass is 1520 g/mol. The number of aliphatic hydroxyl groups is 1. The van der Waals surface area contributed by atoms with Crippen LogP contribution < -0.4 is 0 Å². The first-order valence-corrected chi connectivity index (χ1v) is 46.9. The first-order valence-electron chi connectivity index (χ1n) is 43.9. The largest absolute Gasteiger partial charge is 0.472 e. The van der Waals surface area contributed by atoms with Crippen molar-refractivity contribution in [3.8, 4) is 0 Å². The van der Waals surface area contributed by atoms with Crippen molar-refractivity contribution in [2.75, 3.05) is 39.6 Å². The third-order valence-electron chi connectivity index (χ3n) is 20.6. The second kappa shape index (κ2) is 75.1. The molecule has 0 bridgehead atoms. The van der Waals surface area contributed by atoms with Crippen molar-refractivity contribution in [2.45, 2.75) is 465 Å². The smallest absolute Gasteiger partial charge is 0.462 e. The van der Waals surface area contributed by atoms with Gasteiger partial charge in [0.1, 0.15) is 19.3 Å². The molecule has 0 rings (SSSR count). The molecule has 0 saturated heterocycles. The molecule has 0 aliphatic carbocycles. The number of phosphoric ester groups is 2. The predicted octanol–water partition coefficient (Wildman–Crippen LogP) is 25.7. The zero-order valence-electron chi connectivity index (χ0n) is 68.5. The van der Waals surface area contributed by atoms with E-state index >= 15 is 0 Å². The molecule has 0 fully saturated rings. The normalized spacial score (nSPS) is 14.4. The van der Waals surface area contributed by atoms with E-state index in [1.807, 2.05) is 0 Å². The Bertz CT molecular complexity index is 2010. The Morgan fingerprint density at radius 2 is 0.490 bits per heavy atom. The highest BCUT2D eigenvalue weighted by atomic mass is 31.2. The van der Waals surface area contributed by atoms with Gasteiger partial charge in [0.05, 0.1) is 26.4 Å². The molecule has 0 radical (unpaired) electrons. The first kappa shape index (κ1) is 102. The summed E-state index contributed by atoms with van der Waals surface area (Å²) in [6.45, 7) is 12.0. The summed E-state index contributed by atoms with van der Waals surface area (Å²) in [5, 5.41) is 10.7. The van der Waals surface area contributed by atoms with Crippen LogP contribution in [0.15, 0.2) is 0 Å². The highest BCUT2D eigenvalue weighted by Crippen LogP contribution is 2.45. The van der Waals surface area contributed by atoms with Gasteiger partial charge in [0.2, 0.25) is 0 Å². The molecule has 0 amide bonds. The summed E-state index contributed by atoms with van der Waals surface area (Å²) < 4.78 is 68.9. The van der Waals surface area contributed by atoms with Gasteiger partial charge in [-0.05, 0) is 43.4 Å². The summed E-state index contributed by atoms with van der Waals surface area (Å²) in [5.74, 6) is 0.272. The van der Waals surface area contributed by atoms with Crippen LogP contribution >= 0.6 is 15.6 Å². The zero-order valence-corrected chi connectivity index (χ0v) is 70.3. The lowest BCUT2D eigenvalue weighted by molar-refractivity contribution is -0.161. The van der Waals surface area contributed by atoms with E-state index in [9.17, 15) is 43.2 Å². The highest BCUT2D eigenvalue weighted by molar-refractivity contribution is 7.47. The maximum absolute atomic E-state index is 13.1. The number of rotatable bonds is 83. The lowest BCUT2D eigenvalue weighted by Gasteiger charge is -2.21. The molecule has 104 heavy (non-hydrogen) atoms. The average molecular weight is 1520 g/mol. The van der Waals surface area contributed by atoms with Gasteiger partial charge in [-0.15, -0.1) is 0 Å². The predicted molar refractivity (Wildman–Crippen MR) is 428 cm³/mol. The van der Waals surface area contributed by atoms with E-state index < -0.39 is 97.5 Å². The highest BCUT2D eigenvalue weighted by Gasteiger charge is 2.30. The SMILES string of the molecule is CCCCCCCCCCCCCCCCCCCCCCCC(=O)O[C@H](COC(=O)CCCCCCCCCCCCCCCCC(C)CC)COP(=O)(O)OC[C@@H](O)COP(=O)(O)OC[C@@H](COC(=O)CCCCCCCCCCC(C)C)OC(=O)CCCCCCCCCCCCC(C)CC. The number of unbranched alkanes of at least 4 members (excludes halogenated alkanes) is 49. The molecule has 0 saturated carbocycles. The minimum absolute atomic E-state index is 0.106. The Morgan fingerprint density at radius 3 is 0.731 bits per heavy atom. The van der Waals surface area contributed by atoms with Crippen molar-refractivity contribution < 1.29 is 80.2 Å². The fraction of sp³-hybridized carbons (Fsp3) is 0.953. The molecule has 618 valence electrons. The van der Waals surface area contributed by atoms with Gasteiger partial charge in [0, 0.05) is 25.7 Å². The summed E-state index contributed by atoms with van der Waals surface area (Å²) in [5.41, 5.74) is 0. The van der Waals surface area contributed by atoms with Crippen LogP contribution in [0.3, 0.4) is 0 Å². The number of aliphatic hydroxyl groups excluding tert-OH is 1. The summed E-state index contributed by atoms with van der Waals surface area (Å²) in [4.78, 5) is 73.2. The number of carbonyl (C=O) groups is 4. The Labute approximate surface area is 638 Å². The molecule has 4 unspecified atom stereocenters. The molecule has 7 atom stereocenters. The van der Waals surface area contributed by atoms with Gasteiger partial charge in [-0.1, -0.05) is 395 Å². The van der Waals surface area contributed by atoms with Gasteiger partial charge in [0.15, 0.2) is 12.2 Å². The maximum Gasteiger partial charge on any atom is 0.472 e. The van der Waals surface area contributed by atoms with Crippen LogP contribution in [0.5, 0.6) is 0 Å². The average Bonchev–Trinajstić information content (AvgIpc) is 0.908. The van der Waals surface area contributed by atoms with E-state index in [4.69, 9.17) is 37.0 Å². The van der Waals surface area contributed by atoms with Crippen LogP contribution in [0.4, 0.5) is 0 Å². The van der Waals surface area contributed by atoms with Crippen LogP contribution in [0, 0.1) is 17.8 Å². The van der Waals surface area contributed by atoms with Crippen molar-refractivity contribution in [1.82, 2.24) is 0 Å². The van der Waals surface area contributed by atoms with Crippen LogP contribution in [-0.2, 0) is 65.4 Å². The summed E-state index contributed by atoms with van der Waals surface area (Å²) >= 11 is 0. The fourth-order valence-corrected chi connectivity index (χ4v) is 14.7. The second-order valence-electron chi connectivity index (χ2n) is 31.5. The number of carbonyl (C=O) groups excluding carboxylic acids is 4. The van der Waals surface area contributed by atoms with E-state index in [0.717, 1.165) is 108 Å². The minimum atomic E-state index is -4.97. The van der Waals surface area contributed by atoms with E-state index in [1.54, 1.807) is 0 Å². The van der Waals surface area contributed by atoms with Crippen molar-refractivity contribution in [1.29, 1.82) is 0 Å². The van der Waals surface area contributed by atoms with Gasteiger partial charge < -0.3 is 33.8 Å². The van der Waals surface area contributed by atoms with Crippen molar-refractivity contribution >= 4 is 39.5 Å². The maximum atomic E-state index is 13.1. The van der Waals surface area contributed by atoms with Crippen LogP contribution in [0.25, 0.3) is 0 Å². The number of ether oxygens (including phenoxy) is 4. The molecule has 0 aliphatic rings. The summed E-state index contributed by atoms with van der Waals surface area (Å²) in [7, 11) is -9.93. The third kappa shape index (κ3) is 75.5. The van der Waals surface area contributed by atoms with Gasteiger partial charge in [-0.2, -0.15) is 0 Å². The second-order valence-corrected chi connectivity index (χ2v) is 34.4. The fourth-order valence-electron chi connectivity index (χ4n) is 13.1. The van der Waals surface area contributed by atoms with Gasteiger partial charge in [-0.3, -0.25) is 37.3 Å². The van der Waals surface area contributed by atoms with Crippen molar-refractivity contribution in [3.63, 3.8) is 0 Å². The quantitative estimate of drug-likeness (QED) is 0.0222. The number of hydrogen-bond donors (Lipinski definition) is 3. The number of esters is 4. The Hall–Kier alpha value is -1.94. The molecular formula is C85H166O17P2. The Balaban J connectivity index is 5.24. The molecular weight excluding hydrogens is 1350 g/mol. The van der Waals surface area contributed by atoms with Gasteiger partial charge in [-0.25, -0.2) is 9.13 Å². The molecule has 0 aromatic rings. The van der Waals surface area contributed by atoms with Crippen molar-refractivity contribution in [2.24, 2.45) is 17.8 Å². The zero-order chi connectivity index (χ0) is 76.5. The van der Waals surface area contributed by atoms with Crippen LogP contribution in [0.2, 0.25) is 0 Å². The van der Waals surface area contributed by atoms with Gasteiger partial charge >= 0.3 is 39.5 Å². The van der Waals surface area contributed by atoms with E-state index in [-0.39, 0.29) is 25.7 Å². The number of hydrogen-bond acceptors (Lipinski definition) is 15. The standard InChI is InChI=1S/C85H166O17P2/c1-8-11-12-13-14-15-16-17-18-19-20-21-22-23-24-29-32-38-47-54-61-68-84(89)101-80(72-95-82(87)66-59-52-45-37-31-28-26-25-27-30-35-43-50-57-64-77(6)9-2)74-99-103(91,92)97-70-79(86)71-98-104(93,94)100-75-81(73-96-83(88)67-60-53-46-41-40-42-49-56-63-76(4)5)102-85(90)69-62-55-48-39-34-33-36-44-51-58-65-78(7)10-3/h76-81,86H,8-75H2,1-7H3,(H,91,92)(H,93,94)/t77?,78?,79-,80-,81-/m1/s1. The number of phosphoric acid groups is 2. The molecule has 0 spiro atoms. The van der Waals surface area contributed by atoms with E-state index in [1.165, 1.54) is 257 Å². The van der Waals surface area contributed by atoms with Crippen LogP contribution in [0.1, 0.15) is 447 Å². The first-order chi connectivity index (χ1) is 50.3. The molecule has 3 N–H and O–H groups in total. The lowest BCUT2D eigenvalue weighted by atomic mass is 9.99. The third-order valence-corrected chi connectivity index (χ3v) is 22.5. The molecule has 0 aromatic heterocycles. The van der Waals surface area contributed by atoms with Crippen molar-refractivity contribution in [3.05, 3.63) is 0 Å². The Kier molecular flexibility index (Phi) is 73.7. The molecule has 0 aliphatic heterocycles. The van der Waals surface area contributed by atoms with E-state index in [2.05, 4.69) is 48.5 Å².